The molecule has 0 saturated carbocycles. The Morgan fingerprint density at radius 2 is 2.00 bits per heavy atom. The van der Waals surface area contributed by atoms with Crippen LogP contribution in [-0.4, -0.2) is 63.4 Å². The topological polar surface area (TPSA) is 107 Å². The van der Waals surface area contributed by atoms with Gasteiger partial charge in [0.25, 0.3) is 5.91 Å². The lowest BCUT2D eigenvalue weighted by atomic mass is 10.0. The van der Waals surface area contributed by atoms with E-state index < -0.39 is 41.9 Å². The van der Waals surface area contributed by atoms with Gasteiger partial charge in [-0.15, -0.1) is 0 Å². The molecule has 0 unspecified atom stereocenters. The van der Waals surface area contributed by atoms with Crippen LogP contribution in [0.3, 0.4) is 0 Å². The molecule has 0 aromatic carbocycles. The Labute approximate surface area is 122 Å². The summed E-state index contributed by atoms with van der Waals surface area (Å²) in [5, 5.41) is 11.6. The standard InChI is InChI=1S/C13H19N3O5/c1-13(2)11(20)16(12(21)14-13)7-9(17)15-6-4-3-5-8(15)10(18)19/h8H,3-7H2,1-2H3,(H,14,21)(H,18,19)/t8-/m1/s1. The van der Waals surface area contributed by atoms with E-state index in [-0.39, 0.29) is 0 Å². The lowest BCUT2D eigenvalue weighted by Gasteiger charge is -2.33. The van der Waals surface area contributed by atoms with Gasteiger partial charge in [-0.25, -0.2) is 9.59 Å². The van der Waals surface area contributed by atoms with Gasteiger partial charge in [-0.2, -0.15) is 0 Å². The van der Waals surface area contributed by atoms with Crippen LogP contribution in [0.4, 0.5) is 4.79 Å². The van der Waals surface area contributed by atoms with Crippen molar-refractivity contribution in [3.63, 3.8) is 0 Å². The molecule has 4 amide bonds. The average molecular weight is 297 g/mol. The molecule has 0 radical (unpaired) electrons. The van der Waals surface area contributed by atoms with Crippen molar-refractivity contribution >= 4 is 23.8 Å². The number of aliphatic carboxylic acids is 1. The van der Waals surface area contributed by atoms with Gasteiger partial charge >= 0.3 is 12.0 Å². The van der Waals surface area contributed by atoms with Gasteiger partial charge in [0.15, 0.2) is 0 Å². The molecule has 0 aromatic rings. The van der Waals surface area contributed by atoms with E-state index in [1.807, 2.05) is 0 Å². The Kier molecular flexibility index (Phi) is 3.89. The van der Waals surface area contributed by atoms with E-state index in [0.29, 0.717) is 13.0 Å². The van der Waals surface area contributed by atoms with Gasteiger partial charge < -0.3 is 15.3 Å². The van der Waals surface area contributed by atoms with Crippen LogP contribution in [0.5, 0.6) is 0 Å². The van der Waals surface area contributed by atoms with Crippen LogP contribution < -0.4 is 5.32 Å². The predicted octanol–water partition coefficient (Wildman–Crippen LogP) is -0.217. The number of hydrogen-bond donors (Lipinski definition) is 2. The molecule has 0 bridgehead atoms. The van der Waals surface area contributed by atoms with Crippen molar-refractivity contribution in [3.8, 4) is 0 Å². The molecule has 0 aromatic heterocycles. The molecule has 2 saturated heterocycles. The Hall–Kier alpha value is -2.12. The highest BCUT2D eigenvalue weighted by atomic mass is 16.4. The minimum absolute atomic E-state index is 0.336. The fourth-order valence-electron chi connectivity index (χ4n) is 2.67. The maximum atomic E-state index is 12.3. The van der Waals surface area contributed by atoms with Crippen molar-refractivity contribution < 1.29 is 24.3 Å². The molecule has 2 heterocycles. The van der Waals surface area contributed by atoms with Gasteiger partial charge in [0, 0.05) is 6.54 Å². The van der Waals surface area contributed by atoms with Crippen molar-refractivity contribution in [1.82, 2.24) is 15.1 Å². The molecule has 0 spiro atoms. The predicted molar refractivity (Wildman–Crippen MR) is 71.3 cm³/mol. The normalized spacial score (nSPS) is 25.0. The van der Waals surface area contributed by atoms with Crippen LogP contribution in [0, 0.1) is 0 Å². The second-order valence-corrected chi connectivity index (χ2v) is 5.88. The first-order valence-electron chi connectivity index (χ1n) is 6.90. The zero-order valence-electron chi connectivity index (χ0n) is 12.1. The fraction of sp³-hybridized carbons (Fsp3) is 0.692. The monoisotopic (exact) mass is 297 g/mol. The quantitative estimate of drug-likeness (QED) is 0.700. The lowest BCUT2D eigenvalue weighted by Crippen LogP contribution is -2.52. The summed E-state index contributed by atoms with van der Waals surface area (Å²) in [4.78, 5) is 49.3. The zero-order valence-corrected chi connectivity index (χ0v) is 12.1. The summed E-state index contributed by atoms with van der Waals surface area (Å²) in [6.45, 7) is 3.03. The Balaban J connectivity index is 2.09. The zero-order chi connectivity index (χ0) is 15.8. The molecule has 1 atom stereocenters. The maximum absolute atomic E-state index is 12.3. The number of carbonyl (C=O) groups excluding carboxylic acids is 3. The van der Waals surface area contributed by atoms with Crippen molar-refractivity contribution in [2.75, 3.05) is 13.1 Å². The van der Waals surface area contributed by atoms with Crippen LogP contribution in [0.1, 0.15) is 33.1 Å². The smallest absolute Gasteiger partial charge is 0.326 e. The van der Waals surface area contributed by atoms with Crippen LogP contribution in [0.15, 0.2) is 0 Å². The lowest BCUT2D eigenvalue weighted by molar-refractivity contribution is -0.152. The number of nitrogens with zero attached hydrogens (tertiary/aromatic N) is 2. The number of amides is 4. The summed E-state index contributed by atoms with van der Waals surface area (Å²) in [5.74, 6) is -2.05. The largest absolute Gasteiger partial charge is 0.480 e. The van der Waals surface area contributed by atoms with Gasteiger partial charge in [0.05, 0.1) is 0 Å². The first-order valence-corrected chi connectivity index (χ1v) is 6.90. The number of carboxylic acid groups (broad SMARTS) is 1. The number of carbonyl (C=O) groups is 4. The summed E-state index contributed by atoms with van der Waals surface area (Å²) < 4.78 is 0. The highest BCUT2D eigenvalue weighted by Gasteiger charge is 2.46. The first kappa shape index (κ1) is 15.3. The van der Waals surface area contributed by atoms with Crippen molar-refractivity contribution in [1.29, 1.82) is 0 Å². The van der Waals surface area contributed by atoms with Crippen LogP contribution in [0.2, 0.25) is 0 Å². The van der Waals surface area contributed by atoms with E-state index in [1.165, 1.54) is 4.90 Å². The number of hydrogen-bond acceptors (Lipinski definition) is 4. The minimum atomic E-state index is -1.06. The summed E-state index contributed by atoms with van der Waals surface area (Å²) in [6.07, 6.45) is 1.87. The molecule has 8 nitrogen and oxygen atoms in total. The van der Waals surface area contributed by atoms with E-state index in [9.17, 15) is 19.2 Å². The third-order valence-corrected chi connectivity index (χ3v) is 3.85. The number of piperidine rings is 1. The summed E-state index contributed by atoms with van der Waals surface area (Å²) in [5.41, 5.74) is -1.04. The Morgan fingerprint density at radius 1 is 1.33 bits per heavy atom. The highest BCUT2D eigenvalue weighted by molar-refractivity contribution is 6.08. The summed E-state index contributed by atoms with van der Waals surface area (Å²) >= 11 is 0. The molecular weight excluding hydrogens is 278 g/mol. The van der Waals surface area contributed by atoms with Crippen molar-refractivity contribution in [2.24, 2.45) is 0 Å². The van der Waals surface area contributed by atoms with Crippen LogP contribution in [0.25, 0.3) is 0 Å². The van der Waals surface area contributed by atoms with Gasteiger partial charge in [-0.05, 0) is 33.1 Å². The minimum Gasteiger partial charge on any atom is -0.480 e. The number of imide groups is 1. The third kappa shape index (κ3) is 2.84. The van der Waals surface area contributed by atoms with E-state index >= 15 is 0 Å². The number of rotatable bonds is 3. The summed E-state index contributed by atoms with van der Waals surface area (Å²) in [6, 6.07) is -1.50. The van der Waals surface area contributed by atoms with E-state index in [2.05, 4.69) is 5.32 Å². The molecule has 0 aliphatic carbocycles. The molecule has 2 rings (SSSR count). The maximum Gasteiger partial charge on any atom is 0.326 e. The van der Waals surface area contributed by atoms with Gasteiger partial charge in [0.2, 0.25) is 5.91 Å². The van der Waals surface area contributed by atoms with Gasteiger partial charge in [0.1, 0.15) is 18.1 Å². The third-order valence-electron chi connectivity index (χ3n) is 3.85. The number of urea groups is 1. The van der Waals surface area contributed by atoms with E-state index in [0.717, 1.165) is 17.7 Å². The Morgan fingerprint density at radius 3 is 2.52 bits per heavy atom. The molecule has 21 heavy (non-hydrogen) atoms. The van der Waals surface area contributed by atoms with Crippen molar-refractivity contribution in [2.45, 2.75) is 44.7 Å². The van der Waals surface area contributed by atoms with E-state index in [4.69, 9.17) is 5.11 Å². The average Bonchev–Trinajstić information content (AvgIpc) is 2.60. The molecular formula is C13H19N3O5. The molecule has 8 heteroatoms. The van der Waals surface area contributed by atoms with Gasteiger partial charge in [-0.3, -0.25) is 14.5 Å². The second-order valence-electron chi connectivity index (χ2n) is 5.88. The fourth-order valence-corrected chi connectivity index (χ4v) is 2.67. The molecule has 2 N–H and O–H groups in total. The summed E-state index contributed by atoms with van der Waals surface area (Å²) in [7, 11) is 0. The molecule has 116 valence electrons. The number of likely N-dealkylation sites (tertiary alicyclic amines) is 1. The van der Waals surface area contributed by atoms with E-state index in [1.54, 1.807) is 13.8 Å². The molecule has 2 fully saturated rings. The SMILES string of the molecule is CC1(C)NC(=O)N(CC(=O)N2CCCC[C@@H]2C(=O)O)C1=O. The molecule has 2 aliphatic heterocycles. The van der Waals surface area contributed by atoms with Crippen LogP contribution in [-0.2, 0) is 14.4 Å². The van der Waals surface area contributed by atoms with Gasteiger partial charge in [-0.1, -0.05) is 0 Å². The number of nitrogens with one attached hydrogen (secondary N) is 1. The second kappa shape index (κ2) is 5.34. The van der Waals surface area contributed by atoms with Crippen LogP contribution >= 0.6 is 0 Å². The number of carboxylic acids is 1. The Bertz CT molecular complexity index is 502. The van der Waals surface area contributed by atoms with Crippen molar-refractivity contribution in [3.05, 3.63) is 0 Å². The highest BCUT2D eigenvalue weighted by Crippen LogP contribution is 2.20. The first-order chi connectivity index (χ1) is 9.74. The molecule has 2 aliphatic rings.